The van der Waals surface area contributed by atoms with Gasteiger partial charge in [-0.1, -0.05) is 29.3 Å². The first kappa shape index (κ1) is 17.8. The highest BCUT2D eigenvalue weighted by molar-refractivity contribution is 7.80. The number of rotatable bonds is 4. The highest BCUT2D eigenvalue weighted by Crippen LogP contribution is 2.34. The maximum atomic E-state index is 6.19. The number of benzene rings is 2. The van der Waals surface area contributed by atoms with Crippen molar-refractivity contribution in [3.63, 3.8) is 0 Å². The van der Waals surface area contributed by atoms with Gasteiger partial charge < -0.3 is 14.8 Å². The van der Waals surface area contributed by atoms with E-state index < -0.39 is 0 Å². The van der Waals surface area contributed by atoms with Gasteiger partial charge >= 0.3 is 0 Å². The Balaban J connectivity index is 1.39. The number of hydrogen-bond donors (Lipinski definition) is 2. The summed E-state index contributed by atoms with van der Waals surface area (Å²) in [5, 5.41) is 11.8. The predicted octanol–water partition coefficient (Wildman–Crippen LogP) is 4.17. The maximum absolute atomic E-state index is 6.19. The molecule has 0 fully saturated rings. The second-order valence-corrected chi connectivity index (χ2v) is 6.84. The molecule has 1 aromatic heterocycles. The van der Waals surface area contributed by atoms with Gasteiger partial charge in [0.1, 0.15) is 6.33 Å². The lowest BCUT2D eigenvalue weighted by Crippen LogP contribution is -2.20. The van der Waals surface area contributed by atoms with E-state index in [0.29, 0.717) is 39.1 Å². The van der Waals surface area contributed by atoms with Crippen LogP contribution in [0.2, 0.25) is 10.0 Å². The first-order valence-corrected chi connectivity index (χ1v) is 9.05. The molecule has 2 heterocycles. The Morgan fingerprint density at radius 2 is 1.89 bits per heavy atom. The Kier molecular flexibility index (Phi) is 5.02. The largest absolute Gasteiger partial charge is 0.454 e. The molecule has 0 radical (unpaired) electrons. The molecule has 7 nitrogen and oxygen atoms in total. The van der Waals surface area contributed by atoms with E-state index in [0.717, 1.165) is 11.3 Å². The zero-order valence-corrected chi connectivity index (χ0v) is 16.1. The first-order valence-electron chi connectivity index (χ1n) is 7.88. The van der Waals surface area contributed by atoms with E-state index in [9.17, 15) is 0 Å². The van der Waals surface area contributed by atoms with Crippen LogP contribution in [0.3, 0.4) is 0 Å². The second kappa shape index (κ2) is 7.59. The van der Waals surface area contributed by atoms with Crippen molar-refractivity contribution >= 4 is 52.2 Å². The van der Waals surface area contributed by atoms with Gasteiger partial charge in [-0.05, 0) is 36.5 Å². The highest BCUT2D eigenvalue weighted by atomic mass is 35.5. The number of thiocarbonyl (C=S) groups is 1. The molecule has 3 aromatic rings. The van der Waals surface area contributed by atoms with Crippen LogP contribution in [0.15, 0.2) is 42.7 Å². The summed E-state index contributed by atoms with van der Waals surface area (Å²) < 4.78 is 12.2. The highest BCUT2D eigenvalue weighted by Gasteiger charge is 2.14. The Labute approximate surface area is 170 Å². The van der Waals surface area contributed by atoms with E-state index in [1.165, 1.54) is 0 Å². The van der Waals surface area contributed by atoms with Crippen molar-refractivity contribution in [1.82, 2.24) is 14.8 Å². The van der Waals surface area contributed by atoms with Gasteiger partial charge in [0.15, 0.2) is 16.6 Å². The molecule has 0 atom stereocenters. The van der Waals surface area contributed by atoms with Crippen LogP contribution in [0.1, 0.15) is 5.56 Å². The fourth-order valence-electron chi connectivity index (χ4n) is 2.51. The van der Waals surface area contributed by atoms with Crippen molar-refractivity contribution in [2.45, 2.75) is 6.54 Å². The topological polar surface area (TPSA) is 73.2 Å². The van der Waals surface area contributed by atoms with Crippen LogP contribution in [0, 0.1) is 0 Å². The summed E-state index contributed by atoms with van der Waals surface area (Å²) in [4.78, 5) is 4.19. The molecule has 1 aliphatic heterocycles. The molecule has 1 aliphatic rings. The predicted molar refractivity (Wildman–Crippen MR) is 108 cm³/mol. The monoisotopic (exact) mass is 421 g/mol. The normalized spacial score (nSPS) is 12.1. The molecule has 27 heavy (non-hydrogen) atoms. The van der Waals surface area contributed by atoms with Gasteiger partial charge in [-0.25, -0.2) is 9.67 Å². The molecule has 0 aliphatic carbocycles. The Morgan fingerprint density at radius 1 is 1.11 bits per heavy atom. The smallest absolute Gasteiger partial charge is 0.248 e. The van der Waals surface area contributed by atoms with Crippen molar-refractivity contribution < 1.29 is 9.47 Å². The quantitative estimate of drug-likeness (QED) is 0.612. The van der Waals surface area contributed by atoms with Crippen LogP contribution in [-0.2, 0) is 6.54 Å². The third-order valence-corrected chi connectivity index (χ3v) is 4.69. The van der Waals surface area contributed by atoms with Crippen molar-refractivity contribution in [2.75, 3.05) is 17.4 Å². The number of hydrogen-bond acceptors (Lipinski definition) is 5. The molecule has 2 aromatic carbocycles. The number of nitrogens with one attached hydrogen (secondary N) is 2. The standard InChI is InChI=1S/C17H13Cl2N5O2S/c18-12-2-1-3-13(19)11(12)7-24-8-20-16(23-24)22-17(27)21-10-4-5-14-15(6-10)26-9-25-14/h1-6,8H,7,9H2,(H2,21,22,23,27). The Morgan fingerprint density at radius 3 is 2.70 bits per heavy atom. The van der Waals surface area contributed by atoms with Crippen LogP contribution < -0.4 is 20.1 Å². The number of anilines is 2. The Bertz CT molecular complexity index is 990. The summed E-state index contributed by atoms with van der Waals surface area (Å²) in [6, 6.07) is 10.8. The zero-order chi connectivity index (χ0) is 18.8. The van der Waals surface area contributed by atoms with Gasteiger partial charge in [-0.2, -0.15) is 0 Å². The molecule has 4 rings (SSSR count). The van der Waals surface area contributed by atoms with E-state index >= 15 is 0 Å². The number of fused-ring (bicyclic) bond motifs is 1. The average molecular weight is 422 g/mol. The van der Waals surface area contributed by atoms with Crippen molar-refractivity contribution in [2.24, 2.45) is 0 Å². The summed E-state index contributed by atoms with van der Waals surface area (Å²) in [6.45, 7) is 0.619. The third kappa shape index (κ3) is 4.08. The lowest BCUT2D eigenvalue weighted by atomic mass is 10.2. The van der Waals surface area contributed by atoms with Crippen LogP contribution in [-0.4, -0.2) is 26.7 Å². The van der Waals surface area contributed by atoms with Gasteiger partial charge in [0, 0.05) is 27.4 Å². The van der Waals surface area contributed by atoms with Gasteiger partial charge in [0.2, 0.25) is 12.7 Å². The van der Waals surface area contributed by atoms with E-state index in [1.807, 2.05) is 18.2 Å². The summed E-state index contributed by atoms with van der Waals surface area (Å²) >= 11 is 17.7. The summed E-state index contributed by atoms with van der Waals surface area (Å²) in [7, 11) is 0. The van der Waals surface area contributed by atoms with Gasteiger partial charge in [0.05, 0.1) is 6.54 Å². The number of halogens is 2. The van der Waals surface area contributed by atoms with Crippen LogP contribution >= 0.6 is 35.4 Å². The lowest BCUT2D eigenvalue weighted by molar-refractivity contribution is 0.174. The van der Waals surface area contributed by atoms with E-state index in [2.05, 4.69) is 20.7 Å². The van der Waals surface area contributed by atoms with Crippen LogP contribution in [0.25, 0.3) is 0 Å². The molecule has 0 spiro atoms. The van der Waals surface area contributed by atoms with Crippen LogP contribution in [0.5, 0.6) is 11.5 Å². The number of nitrogens with zero attached hydrogens (tertiary/aromatic N) is 3. The van der Waals surface area contributed by atoms with E-state index in [-0.39, 0.29) is 6.79 Å². The molecule has 0 saturated heterocycles. The van der Waals surface area contributed by atoms with Gasteiger partial charge in [0.25, 0.3) is 0 Å². The SMILES string of the molecule is S=C(Nc1ccc2c(c1)OCO2)Nc1ncn(Cc2c(Cl)cccc2Cl)n1. The average Bonchev–Trinajstić information content (AvgIpc) is 3.27. The molecule has 0 bridgehead atoms. The number of aromatic nitrogens is 3. The molecule has 0 saturated carbocycles. The van der Waals surface area contributed by atoms with Crippen molar-refractivity contribution in [3.05, 3.63) is 58.3 Å². The Hall–Kier alpha value is -2.55. The van der Waals surface area contributed by atoms with E-state index in [1.54, 1.807) is 29.2 Å². The molecule has 0 unspecified atom stereocenters. The molecule has 138 valence electrons. The van der Waals surface area contributed by atoms with Crippen molar-refractivity contribution in [1.29, 1.82) is 0 Å². The fraction of sp³-hybridized carbons (Fsp3) is 0.118. The minimum Gasteiger partial charge on any atom is -0.454 e. The minimum absolute atomic E-state index is 0.221. The fourth-order valence-corrected chi connectivity index (χ4v) is 3.24. The molecule has 0 amide bonds. The maximum Gasteiger partial charge on any atom is 0.248 e. The first-order chi connectivity index (χ1) is 13.1. The van der Waals surface area contributed by atoms with Crippen molar-refractivity contribution in [3.8, 4) is 11.5 Å². The number of ether oxygens (including phenoxy) is 2. The molecule has 2 N–H and O–H groups in total. The third-order valence-electron chi connectivity index (χ3n) is 3.77. The molecular formula is C17H13Cl2N5O2S. The van der Waals surface area contributed by atoms with Gasteiger partial charge in [-0.15, -0.1) is 5.10 Å². The lowest BCUT2D eigenvalue weighted by Gasteiger charge is -2.09. The minimum atomic E-state index is 0.221. The second-order valence-electron chi connectivity index (χ2n) is 5.61. The van der Waals surface area contributed by atoms with E-state index in [4.69, 9.17) is 44.9 Å². The van der Waals surface area contributed by atoms with Crippen LogP contribution in [0.4, 0.5) is 11.6 Å². The molecule has 10 heteroatoms. The zero-order valence-electron chi connectivity index (χ0n) is 13.8. The molecular weight excluding hydrogens is 409 g/mol. The summed E-state index contributed by atoms with van der Waals surface area (Å²) in [5.41, 5.74) is 1.54. The summed E-state index contributed by atoms with van der Waals surface area (Å²) in [6.07, 6.45) is 1.57. The van der Waals surface area contributed by atoms with Gasteiger partial charge in [-0.3, -0.25) is 5.32 Å². The summed E-state index contributed by atoms with van der Waals surface area (Å²) in [5.74, 6) is 1.73.